The molecule has 3 heteroatoms. The lowest BCUT2D eigenvalue weighted by Crippen LogP contribution is -2.51. The maximum atomic E-state index is 11.9. The number of nitrogens with one attached hydrogen (secondary N) is 2. The largest absolute Gasteiger partial charge is 0.350 e. The van der Waals surface area contributed by atoms with E-state index in [0.717, 1.165) is 5.92 Å². The van der Waals surface area contributed by atoms with Gasteiger partial charge in [-0.3, -0.25) is 4.79 Å². The van der Waals surface area contributed by atoms with E-state index >= 15 is 0 Å². The predicted molar refractivity (Wildman–Crippen MR) is 67.3 cm³/mol. The van der Waals surface area contributed by atoms with Crippen molar-refractivity contribution in [2.24, 2.45) is 5.92 Å². The molecule has 1 aliphatic rings. The first kappa shape index (κ1) is 13.5. The first-order valence-corrected chi connectivity index (χ1v) is 6.36. The first-order chi connectivity index (χ1) is 7.28. The van der Waals surface area contributed by atoms with Crippen LogP contribution < -0.4 is 10.6 Å². The summed E-state index contributed by atoms with van der Waals surface area (Å²) in [6.07, 6.45) is 3.69. The van der Waals surface area contributed by atoms with Crippen LogP contribution >= 0.6 is 0 Å². The maximum absolute atomic E-state index is 11.9. The Morgan fingerprint density at radius 2 is 1.94 bits per heavy atom. The highest BCUT2D eigenvalue weighted by molar-refractivity contribution is 5.81. The molecule has 16 heavy (non-hydrogen) atoms. The minimum atomic E-state index is -0.143. The van der Waals surface area contributed by atoms with Gasteiger partial charge in [-0.2, -0.15) is 0 Å². The fraction of sp³-hybridized carbons (Fsp3) is 0.923. The van der Waals surface area contributed by atoms with Crippen LogP contribution in [-0.4, -0.2) is 23.5 Å². The van der Waals surface area contributed by atoms with Crippen LogP contribution in [0.5, 0.6) is 0 Å². The van der Waals surface area contributed by atoms with Crippen molar-refractivity contribution < 1.29 is 4.79 Å². The molecular weight excluding hydrogens is 200 g/mol. The summed E-state index contributed by atoms with van der Waals surface area (Å²) in [7, 11) is 0. The molecule has 0 aromatic carbocycles. The fourth-order valence-electron chi connectivity index (χ4n) is 2.27. The van der Waals surface area contributed by atoms with Crippen molar-refractivity contribution in [1.29, 1.82) is 0 Å². The van der Waals surface area contributed by atoms with Crippen LogP contribution in [0.25, 0.3) is 0 Å². The van der Waals surface area contributed by atoms with E-state index in [1.54, 1.807) is 0 Å². The zero-order chi connectivity index (χ0) is 12.3. The van der Waals surface area contributed by atoms with E-state index < -0.39 is 0 Å². The van der Waals surface area contributed by atoms with Gasteiger partial charge in [-0.05, 0) is 52.9 Å². The Kier molecular flexibility index (Phi) is 4.36. The predicted octanol–water partition coefficient (Wildman–Crippen LogP) is 2.07. The van der Waals surface area contributed by atoms with Gasteiger partial charge in [0.15, 0.2) is 0 Å². The van der Waals surface area contributed by atoms with E-state index in [4.69, 9.17) is 0 Å². The smallest absolute Gasteiger partial charge is 0.237 e. The summed E-state index contributed by atoms with van der Waals surface area (Å²) in [6, 6.07) is 0.435. The van der Waals surface area contributed by atoms with E-state index in [-0.39, 0.29) is 17.5 Å². The molecule has 3 nitrogen and oxygen atoms in total. The lowest BCUT2D eigenvalue weighted by atomic mass is 10.1. The maximum Gasteiger partial charge on any atom is 0.237 e. The molecule has 0 radical (unpaired) electrons. The number of carbonyl (C=O) groups is 1. The summed E-state index contributed by atoms with van der Waals surface area (Å²) in [5.41, 5.74) is -0.143. The first-order valence-electron chi connectivity index (χ1n) is 6.36. The average molecular weight is 226 g/mol. The van der Waals surface area contributed by atoms with E-state index in [1.165, 1.54) is 19.3 Å². The van der Waals surface area contributed by atoms with Gasteiger partial charge in [0.2, 0.25) is 5.91 Å². The number of carbonyl (C=O) groups excluding carboxylic acids is 1. The highest BCUT2D eigenvalue weighted by Gasteiger charge is 2.25. The third-order valence-corrected chi connectivity index (χ3v) is 3.07. The number of rotatable bonds is 3. The second kappa shape index (κ2) is 5.17. The van der Waals surface area contributed by atoms with Crippen molar-refractivity contribution in [2.75, 3.05) is 0 Å². The van der Waals surface area contributed by atoms with Gasteiger partial charge in [0.05, 0.1) is 6.04 Å². The molecule has 0 aromatic heterocycles. The molecular formula is C13H26N2O. The molecule has 0 bridgehead atoms. The molecule has 3 unspecified atom stereocenters. The highest BCUT2D eigenvalue weighted by atomic mass is 16.2. The van der Waals surface area contributed by atoms with Gasteiger partial charge in [-0.15, -0.1) is 0 Å². The van der Waals surface area contributed by atoms with Crippen LogP contribution in [0.4, 0.5) is 0 Å². The van der Waals surface area contributed by atoms with Crippen molar-refractivity contribution in [1.82, 2.24) is 10.6 Å². The molecule has 0 heterocycles. The van der Waals surface area contributed by atoms with Crippen molar-refractivity contribution in [3.05, 3.63) is 0 Å². The van der Waals surface area contributed by atoms with Crippen LogP contribution in [0.3, 0.4) is 0 Å². The van der Waals surface area contributed by atoms with Crippen LogP contribution in [-0.2, 0) is 4.79 Å². The van der Waals surface area contributed by atoms with E-state index in [0.29, 0.717) is 6.04 Å². The second-order valence-corrected chi connectivity index (χ2v) is 6.24. The van der Waals surface area contributed by atoms with Crippen LogP contribution in [0.15, 0.2) is 0 Å². The molecule has 1 saturated carbocycles. The molecule has 2 N–H and O–H groups in total. The van der Waals surface area contributed by atoms with Gasteiger partial charge < -0.3 is 10.6 Å². The lowest BCUT2D eigenvalue weighted by Gasteiger charge is -2.25. The minimum Gasteiger partial charge on any atom is -0.350 e. The Morgan fingerprint density at radius 3 is 2.38 bits per heavy atom. The Bertz CT molecular complexity index is 245. The van der Waals surface area contributed by atoms with Gasteiger partial charge >= 0.3 is 0 Å². The zero-order valence-corrected chi connectivity index (χ0v) is 11.3. The molecule has 1 rings (SSSR count). The van der Waals surface area contributed by atoms with Gasteiger partial charge in [-0.25, -0.2) is 0 Å². The number of amides is 1. The average Bonchev–Trinajstić information content (AvgIpc) is 2.48. The topological polar surface area (TPSA) is 41.1 Å². The summed E-state index contributed by atoms with van der Waals surface area (Å²) in [5, 5.41) is 6.42. The number of hydrogen-bond acceptors (Lipinski definition) is 2. The fourth-order valence-corrected chi connectivity index (χ4v) is 2.27. The van der Waals surface area contributed by atoms with Gasteiger partial charge in [0.1, 0.15) is 0 Å². The third kappa shape index (κ3) is 4.52. The van der Waals surface area contributed by atoms with Crippen LogP contribution in [0, 0.1) is 5.92 Å². The SMILES string of the molecule is CC1CCC(NC(C)C(=O)NC(C)(C)C)C1. The standard InChI is InChI=1S/C13H26N2O/c1-9-6-7-11(8-9)14-10(2)12(16)15-13(3,4)5/h9-11,14H,6-8H2,1-5H3,(H,15,16). The molecule has 1 fully saturated rings. The Morgan fingerprint density at radius 1 is 1.31 bits per heavy atom. The summed E-state index contributed by atoms with van der Waals surface area (Å²) in [4.78, 5) is 11.9. The van der Waals surface area contributed by atoms with Crippen molar-refractivity contribution in [3.63, 3.8) is 0 Å². The molecule has 0 aromatic rings. The summed E-state index contributed by atoms with van der Waals surface area (Å²) >= 11 is 0. The highest BCUT2D eigenvalue weighted by Crippen LogP contribution is 2.24. The molecule has 0 spiro atoms. The molecule has 1 aliphatic carbocycles. The summed E-state index contributed by atoms with van der Waals surface area (Å²) < 4.78 is 0. The second-order valence-electron chi connectivity index (χ2n) is 6.24. The van der Waals surface area contributed by atoms with Crippen LogP contribution in [0.1, 0.15) is 53.9 Å². The van der Waals surface area contributed by atoms with Crippen molar-refractivity contribution in [3.8, 4) is 0 Å². The van der Waals surface area contributed by atoms with E-state index in [1.807, 2.05) is 27.7 Å². The quantitative estimate of drug-likeness (QED) is 0.773. The Labute approximate surface area is 99.4 Å². The summed E-state index contributed by atoms with van der Waals surface area (Å²) in [6.45, 7) is 10.3. The zero-order valence-electron chi connectivity index (χ0n) is 11.3. The molecule has 94 valence electrons. The third-order valence-electron chi connectivity index (χ3n) is 3.07. The van der Waals surface area contributed by atoms with Gasteiger partial charge in [0, 0.05) is 11.6 Å². The Balaban J connectivity index is 2.34. The lowest BCUT2D eigenvalue weighted by molar-refractivity contribution is -0.124. The van der Waals surface area contributed by atoms with Crippen LogP contribution in [0.2, 0.25) is 0 Å². The van der Waals surface area contributed by atoms with E-state index in [9.17, 15) is 4.79 Å². The van der Waals surface area contributed by atoms with E-state index in [2.05, 4.69) is 17.6 Å². The number of hydrogen-bond donors (Lipinski definition) is 2. The van der Waals surface area contributed by atoms with Gasteiger partial charge in [0.25, 0.3) is 0 Å². The van der Waals surface area contributed by atoms with Crippen molar-refractivity contribution >= 4 is 5.91 Å². The van der Waals surface area contributed by atoms with Crippen molar-refractivity contribution in [2.45, 2.75) is 71.5 Å². The normalized spacial score (nSPS) is 27.8. The Hall–Kier alpha value is -0.570. The monoisotopic (exact) mass is 226 g/mol. The minimum absolute atomic E-state index is 0.0884. The summed E-state index contributed by atoms with van der Waals surface area (Å²) in [5.74, 6) is 0.905. The molecule has 0 aliphatic heterocycles. The van der Waals surface area contributed by atoms with Gasteiger partial charge in [-0.1, -0.05) is 6.92 Å². The molecule has 1 amide bonds. The molecule has 0 saturated heterocycles. The molecule has 3 atom stereocenters.